The highest BCUT2D eigenvalue weighted by Gasteiger charge is 2.05. The predicted molar refractivity (Wildman–Crippen MR) is 95.7 cm³/mol. The molecule has 5 nitrogen and oxygen atoms in total. The molecule has 2 N–H and O–H groups in total. The van der Waals surface area contributed by atoms with E-state index in [9.17, 15) is 4.79 Å². The van der Waals surface area contributed by atoms with Gasteiger partial charge in [-0.15, -0.1) is 0 Å². The summed E-state index contributed by atoms with van der Waals surface area (Å²) < 4.78 is 5.46. The second kappa shape index (κ2) is 7.19. The monoisotopic (exact) mass is 341 g/mol. The fraction of sp³-hybridized carbons (Fsp3) is 0.111. The van der Waals surface area contributed by atoms with Crippen LogP contribution >= 0.6 is 11.6 Å². The minimum atomic E-state index is -0.333. The molecule has 0 saturated carbocycles. The van der Waals surface area contributed by atoms with E-state index in [-0.39, 0.29) is 12.5 Å². The molecule has 0 bridgehead atoms. The Morgan fingerprint density at radius 3 is 3.00 bits per heavy atom. The van der Waals surface area contributed by atoms with Crippen LogP contribution in [0.4, 0.5) is 0 Å². The number of benzene rings is 2. The zero-order valence-corrected chi connectivity index (χ0v) is 13.8. The van der Waals surface area contributed by atoms with Gasteiger partial charge in [0.25, 0.3) is 5.91 Å². The van der Waals surface area contributed by atoms with Gasteiger partial charge in [0.2, 0.25) is 0 Å². The fourth-order valence-electron chi connectivity index (χ4n) is 2.32. The van der Waals surface area contributed by atoms with Gasteiger partial charge in [-0.2, -0.15) is 5.10 Å². The number of ether oxygens (including phenoxy) is 1. The lowest BCUT2D eigenvalue weighted by Crippen LogP contribution is -2.24. The number of hydrogen-bond acceptors (Lipinski definition) is 3. The zero-order chi connectivity index (χ0) is 16.9. The molecule has 3 rings (SSSR count). The zero-order valence-electron chi connectivity index (χ0n) is 13.0. The summed E-state index contributed by atoms with van der Waals surface area (Å²) in [5, 5.41) is 5.64. The quantitative estimate of drug-likeness (QED) is 0.549. The Labute approximate surface area is 144 Å². The summed E-state index contributed by atoms with van der Waals surface area (Å²) in [5.41, 5.74) is 5.25. The first kappa shape index (κ1) is 16.1. The van der Waals surface area contributed by atoms with Crippen LogP contribution in [0.2, 0.25) is 5.02 Å². The normalized spacial score (nSPS) is 11.1. The van der Waals surface area contributed by atoms with E-state index in [2.05, 4.69) is 15.5 Å². The van der Waals surface area contributed by atoms with Gasteiger partial charge in [-0.05, 0) is 36.8 Å². The number of halogens is 1. The molecule has 24 heavy (non-hydrogen) atoms. The molecule has 0 unspecified atom stereocenters. The summed E-state index contributed by atoms with van der Waals surface area (Å²) in [7, 11) is 0. The van der Waals surface area contributed by atoms with Gasteiger partial charge in [0.1, 0.15) is 5.75 Å². The number of aromatic amines is 1. The SMILES string of the molecule is Cc1cc(Cl)ccc1OCC(=O)N/N=C/c1c[nH]c2ccccc12. The van der Waals surface area contributed by atoms with Crippen LogP contribution in [0.15, 0.2) is 53.8 Å². The largest absolute Gasteiger partial charge is 0.483 e. The summed E-state index contributed by atoms with van der Waals surface area (Å²) in [6, 6.07) is 13.1. The summed E-state index contributed by atoms with van der Waals surface area (Å²) in [6.07, 6.45) is 3.44. The van der Waals surface area contributed by atoms with Crippen LogP contribution in [0.25, 0.3) is 10.9 Å². The molecule has 0 fully saturated rings. The van der Waals surface area contributed by atoms with Gasteiger partial charge in [0.15, 0.2) is 6.61 Å². The molecule has 0 aliphatic carbocycles. The van der Waals surface area contributed by atoms with Gasteiger partial charge < -0.3 is 9.72 Å². The van der Waals surface area contributed by atoms with Gasteiger partial charge in [0.05, 0.1) is 6.21 Å². The predicted octanol–water partition coefficient (Wildman–Crippen LogP) is 3.66. The molecule has 2 aromatic carbocycles. The number of nitrogens with one attached hydrogen (secondary N) is 2. The number of carbonyl (C=O) groups excluding carboxylic acids is 1. The van der Waals surface area contributed by atoms with Crippen molar-refractivity contribution in [1.82, 2.24) is 10.4 Å². The smallest absolute Gasteiger partial charge is 0.277 e. The van der Waals surface area contributed by atoms with Crippen molar-refractivity contribution in [3.8, 4) is 5.75 Å². The van der Waals surface area contributed by atoms with Crippen LogP contribution in [0.1, 0.15) is 11.1 Å². The van der Waals surface area contributed by atoms with Crippen molar-refractivity contribution in [3.63, 3.8) is 0 Å². The van der Waals surface area contributed by atoms with E-state index >= 15 is 0 Å². The Balaban J connectivity index is 1.55. The van der Waals surface area contributed by atoms with E-state index in [4.69, 9.17) is 16.3 Å². The second-order valence-corrected chi connectivity index (χ2v) is 5.72. The number of nitrogens with zero attached hydrogens (tertiary/aromatic N) is 1. The first-order valence-electron chi connectivity index (χ1n) is 7.40. The minimum absolute atomic E-state index is 0.117. The van der Waals surface area contributed by atoms with Gasteiger partial charge >= 0.3 is 0 Å². The number of aryl methyl sites for hydroxylation is 1. The van der Waals surface area contributed by atoms with Gasteiger partial charge in [-0.1, -0.05) is 29.8 Å². The van der Waals surface area contributed by atoms with Crippen LogP contribution in [0.5, 0.6) is 5.75 Å². The molecule has 1 amide bonds. The van der Waals surface area contributed by atoms with Gasteiger partial charge in [0, 0.05) is 27.7 Å². The lowest BCUT2D eigenvalue weighted by molar-refractivity contribution is -0.123. The Morgan fingerprint density at radius 2 is 2.17 bits per heavy atom. The van der Waals surface area contributed by atoms with Crippen LogP contribution in [0, 0.1) is 6.92 Å². The Morgan fingerprint density at radius 1 is 1.33 bits per heavy atom. The van der Waals surface area contributed by atoms with E-state index in [1.807, 2.05) is 37.4 Å². The molecular formula is C18H16ClN3O2. The molecule has 0 saturated heterocycles. The van der Waals surface area contributed by atoms with E-state index in [1.165, 1.54) is 0 Å². The molecule has 1 aromatic heterocycles. The van der Waals surface area contributed by atoms with Crippen molar-refractivity contribution >= 4 is 34.6 Å². The highest BCUT2D eigenvalue weighted by atomic mass is 35.5. The summed E-state index contributed by atoms with van der Waals surface area (Å²) in [5.74, 6) is 0.288. The standard InChI is InChI=1S/C18H16ClN3O2/c1-12-8-14(19)6-7-17(12)24-11-18(23)22-21-10-13-9-20-16-5-3-2-4-15(13)16/h2-10,20H,11H2,1H3,(H,22,23)/b21-10+. The molecule has 0 aliphatic heterocycles. The van der Waals surface area contributed by atoms with Crippen molar-refractivity contribution in [2.45, 2.75) is 6.92 Å². The highest BCUT2D eigenvalue weighted by Crippen LogP contribution is 2.21. The minimum Gasteiger partial charge on any atom is -0.483 e. The van der Waals surface area contributed by atoms with Gasteiger partial charge in [-0.3, -0.25) is 4.79 Å². The van der Waals surface area contributed by atoms with Crippen LogP contribution in [-0.2, 0) is 4.79 Å². The number of fused-ring (bicyclic) bond motifs is 1. The van der Waals surface area contributed by atoms with Crippen LogP contribution in [-0.4, -0.2) is 23.7 Å². The van der Waals surface area contributed by atoms with E-state index in [0.717, 1.165) is 22.0 Å². The number of amides is 1. The molecule has 122 valence electrons. The Bertz CT molecular complexity index is 902. The number of hydrogen-bond donors (Lipinski definition) is 2. The third-order valence-electron chi connectivity index (χ3n) is 3.51. The van der Waals surface area contributed by atoms with Crippen molar-refractivity contribution in [2.75, 3.05) is 6.61 Å². The average molecular weight is 342 g/mol. The van der Waals surface area contributed by atoms with Crippen LogP contribution in [0.3, 0.4) is 0 Å². The number of rotatable bonds is 5. The third-order valence-corrected chi connectivity index (χ3v) is 3.74. The maximum absolute atomic E-state index is 11.8. The summed E-state index contributed by atoms with van der Waals surface area (Å²) >= 11 is 5.88. The van der Waals surface area contributed by atoms with Crippen molar-refractivity contribution in [1.29, 1.82) is 0 Å². The molecule has 1 heterocycles. The number of H-pyrrole nitrogens is 1. The maximum Gasteiger partial charge on any atom is 0.277 e. The third kappa shape index (κ3) is 3.75. The lowest BCUT2D eigenvalue weighted by Gasteiger charge is -2.08. The van der Waals surface area contributed by atoms with Crippen LogP contribution < -0.4 is 10.2 Å². The maximum atomic E-state index is 11.8. The van der Waals surface area contributed by atoms with E-state index in [1.54, 1.807) is 24.4 Å². The summed E-state index contributed by atoms with van der Waals surface area (Å²) in [6.45, 7) is 1.75. The molecule has 6 heteroatoms. The summed E-state index contributed by atoms with van der Waals surface area (Å²) in [4.78, 5) is 14.9. The van der Waals surface area contributed by atoms with E-state index < -0.39 is 0 Å². The molecular weight excluding hydrogens is 326 g/mol. The first-order chi connectivity index (χ1) is 11.6. The molecule has 0 atom stereocenters. The second-order valence-electron chi connectivity index (χ2n) is 5.28. The number of carbonyl (C=O) groups is 1. The number of hydrazone groups is 1. The van der Waals surface area contributed by atoms with Crippen molar-refractivity contribution in [2.24, 2.45) is 5.10 Å². The molecule has 3 aromatic rings. The fourth-order valence-corrected chi connectivity index (χ4v) is 2.55. The number of aromatic nitrogens is 1. The van der Waals surface area contributed by atoms with Crippen molar-refractivity contribution in [3.05, 3.63) is 64.8 Å². The molecule has 0 radical (unpaired) electrons. The highest BCUT2D eigenvalue weighted by molar-refractivity contribution is 6.30. The first-order valence-corrected chi connectivity index (χ1v) is 7.78. The van der Waals surface area contributed by atoms with Crippen molar-refractivity contribution < 1.29 is 9.53 Å². The lowest BCUT2D eigenvalue weighted by atomic mass is 10.2. The average Bonchev–Trinajstić information content (AvgIpc) is 2.97. The molecule has 0 aliphatic rings. The topological polar surface area (TPSA) is 66.5 Å². The van der Waals surface area contributed by atoms with E-state index in [0.29, 0.717) is 10.8 Å². The molecule has 0 spiro atoms. The van der Waals surface area contributed by atoms with Gasteiger partial charge in [-0.25, -0.2) is 5.43 Å². The Hall–Kier alpha value is -2.79. The number of para-hydroxylation sites is 1. The Kier molecular flexibility index (Phi) is 4.82.